The molecule has 14 heavy (non-hydrogen) atoms. The molecule has 5 nitrogen and oxygen atoms in total. The summed E-state index contributed by atoms with van der Waals surface area (Å²) in [5.41, 5.74) is 0. The largest absolute Gasteiger partial charge is 0.297 e. The van der Waals surface area contributed by atoms with Gasteiger partial charge in [-0.1, -0.05) is 0 Å². The second-order valence-electron chi connectivity index (χ2n) is 2.98. The molecule has 0 radical (unpaired) electrons. The van der Waals surface area contributed by atoms with E-state index >= 15 is 0 Å². The van der Waals surface area contributed by atoms with Gasteiger partial charge in [-0.25, -0.2) is 0 Å². The summed E-state index contributed by atoms with van der Waals surface area (Å²) in [6.45, 7) is -0.302. The minimum Gasteiger partial charge on any atom is -0.297 e. The van der Waals surface area contributed by atoms with Gasteiger partial charge in [0.15, 0.2) is 10.9 Å². The van der Waals surface area contributed by atoms with Crippen molar-refractivity contribution in [2.24, 2.45) is 0 Å². The molecule has 0 aromatic carbocycles. The number of Topliss-reactive ketones (excluding diaryl/α,β-unsaturated/α-hetero) is 1. The molecule has 0 aromatic heterocycles. The van der Waals surface area contributed by atoms with Crippen LogP contribution in [0.15, 0.2) is 0 Å². The van der Waals surface area contributed by atoms with Gasteiger partial charge in [0.05, 0.1) is 13.0 Å². The highest BCUT2D eigenvalue weighted by molar-refractivity contribution is 7.96. The quantitative estimate of drug-likeness (QED) is 0.392. The highest BCUT2D eigenvalue weighted by Gasteiger charge is 2.30. The van der Waals surface area contributed by atoms with Crippen LogP contribution in [0.2, 0.25) is 0 Å². The number of ketones is 1. The van der Waals surface area contributed by atoms with Crippen LogP contribution >= 0.6 is 12.6 Å². The molecular formula is C8H9NO4S. The molecule has 1 aliphatic heterocycles. The van der Waals surface area contributed by atoms with E-state index in [1.807, 2.05) is 0 Å². The molecular weight excluding hydrogens is 206 g/mol. The first-order valence-electron chi connectivity index (χ1n) is 4.07. The number of rotatable bonds is 4. The van der Waals surface area contributed by atoms with Crippen molar-refractivity contribution in [1.29, 1.82) is 0 Å². The van der Waals surface area contributed by atoms with Gasteiger partial charge >= 0.3 is 0 Å². The molecule has 1 rings (SSSR count). The molecule has 1 aliphatic rings. The molecule has 0 bridgehead atoms. The Bertz CT molecular complexity index is 296. The molecule has 0 unspecified atom stereocenters. The summed E-state index contributed by atoms with van der Waals surface area (Å²) in [4.78, 5) is 44.5. The van der Waals surface area contributed by atoms with E-state index in [0.29, 0.717) is 0 Å². The SMILES string of the molecule is O=C(S)CC(=O)CN1C(=O)CCC1=O. The summed E-state index contributed by atoms with van der Waals surface area (Å²) in [5.74, 6) is -1.17. The normalized spacial score (nSPS) is 16.2. The second-order valence-corrected chi connectivity index (χ2v) is 3.48. The zero-order chi connectivity index (χ0) is 10.7. The fourth-order valence-corrected chi connectivity index (χ4v) is 1.38. The Labute approximate surface area is 85.8 Å². The molecule has 0 atom stereocenters. The summed E-state index contributed by atoms with van der Waals surface area (Å²) in [5, 5.41) is -0.561. The van der Waals surface area contributed by atoms with Gasteiger partial charge in [-0.3, -0.25) is 24.1 Å². The van der Waals surface area contributed by atoms with E-state index < -0.39 is 10.9 Å². The van der Waals surface area contributed by atoms with Crippen LogP contribution in [0.25, 0.3) is 0 Å². The zero-order valence-corrected chi connectivity index (χ0v) is 8.25. The fraction of sp³-hybridized carbons (Fsp3) is 0.500. The Morgan fingerprint density at radius 2 is 1.71 bits per heavy atom. The molecule has 6 heteroatoms. The molecule has 1 heterocycles. The lowest BCUT2D eigenvalue weighted by atomic mass is 10.3. The first-order valence-corrected chi connectivity index (χ1v) is 4.52. The maximum atomic E-state index is 11.1. The number of carbonyl (C=O) groups is 4. The van der Waals surface area contributed by atoms with Crippen molar-refractivity contribution in [3.63, 3.8) is 0 Å². The molecule has 2 amide bonds. The Kier molecular flexibility index (Phi) is 3.40. The number of nitrogens with zero attached hydrogens (tertiary/aromatic N) is 1. The molecule has 0 spiro atoms. The Hall–Kier alpha value is -1.17. The van der Waals surface area contributed by atoms with Crippen molar-refractivity contribution in [3.8, 4) is 0 Å². The summed E-state index contributed by atoms with van der Waals surface area (Å²) >= 11 is 3.43. The topological polar surface area (TPSA) is 71.5 Å². The van der Waals surface area contributed by atoms with E-state index in [9.17, 15) is 19.2 Å². The maximum Gasteiger partial charge on any atom is 0.230 e. The van der Waals surface area contributed by atoms with Crippen LogP contribution in [0.3, 0.4) is 0 Å². The van der Waals surface area contributed by atoms with Crippen LogP contribution in [0, 0.1) is 0 Å². The highest BCUT2D eigenvalue weighted by atomic mass is 32.1. The molecule has 1 saturated heterocycles. The third-order valence-electron chi connectivity index (χ3n) is 1.84. The van der Waals surface area contributed by atoms with Crippen LogP contribution in [-0.4, -0.2) is 34.2 Å². The number of likely N-dealkylation sites (tertiary alicyclic amines) is 1. The monoisotopic (exact) mass is 215 g/mol. The Morgan fingerprint density at radius 1 is 1.21 bits per heavy atom. The van der Waals surface area contributed by atoms with Crippen molar-refractivity contribution in [2.45, 2.75) is 19.3 Å². The van der Waals surface area contributed by atoms with Crippen LogP contribution in [0.1, 0.15) is 19.3 Å². The van der Waals surface area contributed by atoms with Gasteiger partial charge in [-0.05, 0) is 0 Å². The smallest absolute Gasteiger partial charge is 0.230 e. The van der Waals surface area contributed by atoms with Gasteiger partial charge in [-0.2, -0.15) is 0 Å². The third-order valence-corrected chi connectivity index (χ3v) is 2.00. The van der Waals surface area contributed by atoms with E-state index in [1.54, 1.807) is 0 Å². The van der Waals surface area contributed by atoms with E-state index in [4.69, 9.17) is 0 Å². The average molecular weight is 215 g/mol. The maximum absolute atomic E-state index is 11.1. The van der Waals surface area contributed by atoms with Crippen LogP contribution in [0.5, 0.6) is 0 Å². The van der Waals surface area contributed by atoms with Gasteiger partial charge in [-0.15, -0.1) is 12.6 Å². The number of thiol groups is 1. The number of imide groups is 1. The van der Waals surface area contributed by atoms with Crippen LogP contribution < -0.4 is 0 Å². The fourth-order valence-electron chi connectivity index (χ4n) is 1.20. The summed E-state index contributed by atoms with van der Waals surface area (Å²) in [6.07, 6.45) is -0.0396. The molecule has 76 valence electrons. The van der Waals surface area contributed by atoms with Crippen LogP contribution in [0.4, 0.5) is 0 Å². The Balaban J connectivity index is 2.51. The number of carbonyl (C=O) groups excluding carboxylic acids is 4. The lowest BCUT2D eigenvalue weighted by molar-refractivity contribution is -0.142. The second kappa shape index (κ2) is 4.36. The van der Waals surface area contributed by atoms with Crippen molar-refractivity contribution in [3.05, 3.63) is 0 Å². The summed E-state index contributed by atoms with van der Waals surface area (Å²) in [6, 6.07) is 0. The summed E-state index contributed by atoms with van der Waals surface area (Å²) < 4.78 is 0. The van der Waals surface area contributed by atoms with Crippen LogP contribution in [-0.2, 0) is 19.2 Å². The van der Waals surface area contributed by atoms with Gasteiger partial charge < -0.3 is 0 Å². The van der Waals surface area contributed by atoms with Gasteiger partial charge in [0.25, 0.3) is 0 Å². The molecule has 0 saturated carbocycles. The van der Waals surface area contributed by atoms with E-state index in [1.165, 1.54) is 0 Å². The third kappa shape index (κ3) is 2.66. The Morgan fingerprint density at radius 3 is 2.14 bits per heavy atom. The van der Waals surface area contributed by atoms with Crippen molar-refractivity contribution in [1.82, 2.24) is 4.90 Å². The predicted molar refractivity (Wildman–Crippen MR) is 49.6 cm³/mol. The predicted octanol–water partition coefficient (Wildman–Crippen LogP) is -0.449. The van der Waals surface area contributed by atoms with E-state index in [0.717, 1.165) is 4.90 Å². The standard InChI is InChI=1S/C8H9NO4S/c10-5(3-8(13)14)4-9-6(11)1-2-7(9)12/h1-4H2,(H,13,14). The lowest BCUT2D eigenvalue weighted by Gasteiger charge is -2.11. The van der Waals surface area contributed by atoms with Crippen molar-refractivity contribution >= 4 is 35.3 Å². The highest BCUT2D eigenvalue weighted by Crippen LogP contribution is 2.11. The summed E-state index contributed by atoms with van der Waals surface area (Å²) in [7, 11) is 0. The van der Waals surface area contributed by atoms with Gasteiger partial charge in [0.2, 0.25) is 11.8 Å². The minimum absolute atomic E-state index is 0.154. The first-order chi connectivity index (χ1) is 6.50. The number of hydrogen-bond donors (Lipinski definition) is 1. The minimum atomic E-state index is -0.561. The van der Waals surface area contributed by atoms with E-state index in [2.05, 4.69) is 12.6 Å². The first kappa shape index (κ1) is 10.9. The lowest BCUT2D eigenvalue weighted by Crippen LogP contribution is -2.34. The van der Waals surface area contributed by atoms with Gasteiger partial charge in [0, 0.05) is 12.8 Å². The van der Waals surface area contributed by atoms with Crippen molar-refractivity contribution in [2.75, 3.05) is 6.54 Å². The number of amides is 2. The molecule has 0 N–H and O–H groups in total. The van der Waals surface area contributed by atoms with Gasteiger partial charge in [0.1, 0.15) is 0 Å². The molecule has 1 fully saturated rings. The zero-order valence-electron chi connectivity index (χ0n) is 7.36. The van der Waals surface area contributed by atoms with Crippen molar-refractivity contribution < 1.29 is 19.2 Å². The molecule has 0 aromatic rings. The molecule has 0 aliphatic carbocycles. The number of hydrogen-bond acceptors (Lipinski definition) is 4. The average Bonchev–Trinajstić information content (AvgIpc) is 2.34. The van der Waals surface area contributed by atoms with E-state index in [-0.39, 0.29) is 37.6 Å².